The molecule has 1 heterocycles. The largest absolute Gasteiger partial charge is 0.378 e. The second-order valence-corrected chi connectivity index (χ2v) is 11.1. The average molecular weight is 565 g/mol. The van der Waals surface area contributed by atoms with E-state index in [9.17, 15) is 19.2 Å². The van der Waals surface area contributed by atoms with E-state index in [1.54, 1.807) is 29.2 Å². The monoisotopic (exact) mass is 564 g/mol. The van der Waals surface area contributed by atoms with Crippen molar-refractivity contribution < 1.29 is 19.2 Å². The molecule has 216 valence electrons. The molecule has 1 aliphatic carbocycles. The molecule has 0 saturated heterocycles. The van der Waals surface area contributed by atoms with Gasteiger partial charge >= 0.3 is 0 Å². The second-order valence-electron chi connectivity index (χ2n) is 11.1. The molecule has 8 nitrogen and oxygen atoms in total. The van der Waals surface area contributed by atoms with E-state index < -0.39 is 23.6 Å². The maximum Gasteiger partial charge on any atom is 0.299 e. The molecule has 3 aromatic rings. The van der Waals surface area contributed by atoms with Gasteiger partial charge in [-0.2, -0.15) is 0 Å². The van der Waals surface area contributed by atoms with Crippen LogP contribution in [-0.2, 0) is 20.9 Å². The van der Waals surface area contributed by atoms with Crippen LogP contribution in [0.15, 0.2) is 84.9 Å². The van der Waals surface area contributed by atoms with Crippen LogP contribution in [0, 0.1) is 12.8 Å². The molecule has 3 aromatic carbocycles. The lowest BCUT2D eigenvalue weighted by atomic mass is 9.85. The average Bonchev–Trinajstić information content (AvgIpc) is 3.23. The zero-order valence-electron chi connectivity index (χ0n) is 24.2. The van der Waals surface area contributed by atoms with Gasteiger partial charge in [0, 0.05) is 32.0 Å². The number of ketones is 1. The van der Waals surface area contributed by atoms with Gasteiger partial charge in [-0.1, -0.05) is 48.6 Å². The van der Waals surface area contributed by atoms with Crippen LogP contribution < -0.4 is 15.1 Å². The highest BCUT2D eigenvalue weighted by Crippen LogP contribution is 2.31. The molecule has 0 bridgehead atoms. The number of rotatable bonds is 9. The van der Waals surface area contributed by atoms with Gasteiger partial charge in [-0.3, -0.25) is 24.1 Å². The Morgan fingerprint density at radius 1 is 0.952 bits per heavy atom. The lowest BCUT2D eigenvalue weighted by molar-refractivity contribution is -0.140. The first-order valence-electron chi connectivity index (χ1n) is 14.3. The minimum atomic E-state index is -0.792. The predicted octanol–water partition coefficient (Wildman–Crippen LogP) is 4.98. The maximum atomic E-state index is 14.3. The number of carbonyl (C=O) groups excluding carboxylic acids is 4. The van der Waals surface area contributed by atoms with Crippen molar-refractivity contribution in [2.75, 3.05) is 35.8 Å². The second kappa shape index (κ2) is 12.4. The summed E-state index contributed by atoms with van der Waals surface area (Å²) in [6, 6.07) is 21.2. The van der Waals surface area contributed by atoms with Gasteiger partial charge in [0.05, 0.1) is 11.3 Å². The molecule has 2 aliphatic rings. The quantitative estimate of drug-likeness (QED) is 0.292. The number of nitrogens with zero attached hydrogens (tertiary/aromatic N) is 3. The van der Waals surface area contributed by atoms with E-state index in [2.05, 4.69) is 17.5 Å². The number of fused-ring (bicyclic) bond motifs is 1. The smallest absolute Gasteiger partial charge is 0.299 e. The summed E-state index contributed by atoms with van der Waals surface area (Å²) < 4.78 is 0. The number of para-hydroxylation sites is 1. The summed E-state index contributed by atoms with van der Waals surface area (Å²) in [4.78, 5) is 58.8. The summed E-state index contributed by atoms with van der Waals surface area (Å²) >= 11 is 0. The Hall–Kier alpha value is -4.72. The van der Waals surface area contributed by atoms with Crippen molar-refractivity contribution in [2.24, 2.45) is 5.92 Å². The van der Waals surface area contributed by atoms with Gasteiger partial charge in [0.2, 0.25) is 11.8 Å². The van der Waals surface area contributed by atoms with Gasteiger partial charge in [-0.15, -0.1) is 0 Å². The predicted molar refractivity (Wildman–Crippen MR) is 165 cm³/mol. The number of anilines is 3. The van der Waals surface area contributed by atoms with Crippen LogP contribution in [-0.4, -0.2) is 55.1 Å². The minimum absolute atomic E-state index is 0.118. The van der Waals surface area contributed by atoms with Crippen molar-refractivity contribution in [2.45, 2.75) is 38.8 Å². The minimum Gasteiger partial charge on any atom is -0.378 e. The maximum absolute atomic E-state index is 14.3. The molecule has 0 spiro atoms. The van der Waals surface area contributed by atoms with Crippen LogP contribution >= 0.6 is 0 Å². The molecule has 5 rings (SSSR count). The van der Waals surface area contributed by atoms with Crippen LogP contribution in [0.3, 0.4) is 0 Å². The summed E-state index contributed by atoms with van der Waals surface area (Å²) in [5, 5.41) is 3.06. The Labute approximate surface area is 246 Å². The number of aryl methyl sites for hydroxylation is 1. The molecule has 0 radical (unpaired) electrons. The highest BCUT2D eigenvalue weighted by atomic mass is 16.2. The van der Waals surface area contributed by atoms with Gasteiger partial charge in [0.1, 0.15) is 12.6 Å². The van der Waals surface area contributed by atoms with E-state index in [1.165, 1.54) is 4.90 Å². The molecule has 2 atom stereocenters. The fraction of sp³-hybridized carbons (Fsp3) is 0.294. The van der Waals surface area contributed by atoms with Crippen molar-refractivity contribution in [3.05, 3.63) is 102 Å². The lowest BCUT2D eigenvalue weighted by Gasteiger charge is -2.38. The molecule has 2 unspecified atom stereocenters. The number of hydrogen-bond acceptors (Lipinski definition) is 5. The van der Waals surface area contributed by atoms with Crippen LogP contribution in [0.2, 0.25) is 0 Å². The highest BCUT2D eigenvalue weighted by Gasteiger charge is 2.41. The Morgan fingerprint density at radius 3 is 2.36 bits per heavy atom. The van der Waals surface area contributed by atoms with E-state index in [-0.39, 0.29) is 30.5 Å². The van der Waals surface area contributed by atoms with Crippen molar-refractivity contribution in [3.8, 4) is 0 Å². The molecule has 0 aromatic heterocycles. The molecule has 3 amide bonds. The molecular weight excluding hydrogens is 528 g/mol. The van der Waals surface area contributed by atoms with E-state index in [0.717, 1.165) is 29.7 Å². The van der Waals surface area contributed by atoms with Crippen LogP contribution in [0.4, 0.5) is 17.1 Å². The highest BCUT2D eigenvalue weighted by molar-refractivity contribution is 6.52. The van der Waals surface area contributed by atoms with Gasteiger partial charge < -0.3 is 15.1 Å². The fourth-order valence-corrected chi connectivity index (χ4v) is 5.72. The van der Waals surface area contributed by atoms with Gasteiger partial charge in [0.15, 0.2) is 0 Å². The number of nitrogens with one attached hydrogen (secondary N) is 1. The fourth-order valence-electron chi connectivity index (χ4n) is 5.72. The Morgan fingerprint density at radius 2 is 1.67 bits per heavy atom. The zero-order chi connectivity index (χ0) is 29.8. The van der Waals surface area contributed by atoms with Gasteiger partial charge in [-0.25, -0.2) is 0 Å². The van der Waals surface area contributed by atoms with E-state index in [1.807, 2.05) is 74.4 Å². The molecule has 8 heteroatoms. The van der Waals surface area contributed by atoms with Gasteiger partial charge in [0.25, 0.3) is 11.7 Å². The first-order chi connectivity index (χ1) is 20.2. The third-order valence-corrected chi connectivity index (χ3v) is 8.11. The molecule has 1 aliphatic heterocycles. The first-order valence-corrected chi connectivity index (χ1v) is 14.3. The summed E-state index contributed by atoms with van der Waals surface area (Å²) in [6.45, 7) is 1.83. The first kappa shape index (κ1) is 28.8. The summed E-state index contributed by atoms with van der Waals surface area (Å²) in [6.07, 6.45) is 6.37. The molecule has 0 fully saturated rings. The van der Waals surface area contributed by atoms with E-state index in [0.29, 0.717) is 17.8 Å². The summed E-state index contributed by atoms with van der Waals surface area (Å²) in [7, 11) is 3.90. The normalized spacial score (nSPS) is 16.6. The SMILES string of the molecule is Cc1ccccc1CN(C(=O)CN1C(=O)C(=O)c2ccccc21)C(C(=O)Nc1ccc(N(C)C)cc1)C1CC=CCC1. The number of Topliss-reactive ketones (excluding diaryl/α,β-unsaturated/α-hetero) is 1. The number of allylic oxidation sites excluding steroid dienone is 2. The molecule has 42 heavy (non-hydrogen) atoms. The van der Waals surface area contributed by atoms with Crippen molar-refractivity contribution in [1.82, 2.24) is 4.90 Å². The van der Waals surface area contributed by atoms with E-state index >= 15 is 0 Å². The number of carbonyl (C=O) groups is 4. The van der Waals surface area contributed by atoms with Crippen molar-refractivity contribution in [3.63, 3.8) is 0 Å². The van der Waals surface area contributed by atoms with Crippen LogP contribution in [0.25, 0.3) is 0 Å². The number of benzene rings is 3. The molecular formula is C34H36N4O4. The Bertz CT molecular complexity index is 1530. The van der Waals surface area contributed by atoms with Crippen molar-refractivity contribution >= 4 is 40.6 Å². The van der Waals surface area contributed by atoms with Crippen molar-refractivity contribution in [1.29, 1.82) is 0 Å². The van der Waals surface area contributed by atoms with Crippen LogP contribution in [0.5, 0.6) is 0 Å². The Kier molecular flexibility index (Phi) is 8.52. The molecule has 0 saturated carbocycles. The summed E-state index contributed by atoms with van der Waals surface area (Å²) in [5.41, 5.74) is 4.25. The third kappa shape index (κ3) is 5.98. The van der Waals surface area contributed by atoms with Gasteiger partial charge in [-0.05, 0) is 79.6 Å². The third-order valence-electron chi connectivity index (χ3n) is 8.11. The van der Waals surface area contributed by atoms with Crippen LogP contribution in [0.1, 0.15) is 40.7 Å². The summed E-state index contributed by atoms with van der Waals surface area (Å²) in [5.74, 6) is -2.15. The number of hydrogen-bond donors (Lipinski definition) is 1. The van der Waals surface area contributed by atoms with E-state index in [4.69, 9.17) is 0 Å². The Balaban J connectivity index is 1.50. The molecule has 1 N–H and O–H groups in total. The topological polar surface area (TPSA) is 90.0 Å². The zero-order valence-corrected chi connectivity index (χ0v) is 24.2. The number of amides is 3. The standard InChI is InChI=1S/C34H36N4O4/c1-23-11-7-8-14-25(23)21-38(30(39)22-37-29-16-10-9-15-28(29)32(40)34(37)42)31(24-12-5-4-6-13-24)33(41)35-26-17-19-27(20-18-26)36(2)3/h4-5,7-11,14-20,24,31H,6,12-13,21-22H2,1-3H3,(H,35,41). The lowest BCUT2D eigenvalue weighted by Crippen LogP contribution is -2.54.